The van der Waals surface area contributed by atoms with Gasteiger partial charge < -0.3 is 15.0 Å². The first-order valence-corrected chi connectivity index (χ1v) is 18.2. The summed E-state index contributed by atoms with van der Waals surface area (Å²) in [5.41, 5.74) is 5.12. The van der Waals surface area contributed by atoms with Gasteiger partial charge in [-0.1, -0.05) is 79.2 Å². The summed E-state index contributed by atoms with van der Waals surface area (Å²) in [6.45, 7) is 10.2. The van der Waals surface area contributed by atoms with Crippen LogP contribution in [0.3, 0.4) is 0 Å². The zero-order valence-electron chi connectivity index (χ0n) is 29.3. The zero-order valence-corrected chi connectivity index (χ0v) is 29.3. The summed E-state index contributed by atoms with van der Waals surface area (Å²) in [5.74, 6) is 0.296. The summed E-state index contributed by atoms with van der Waals surface area (Å²) in [5, 5.41) is 6.67. The van der Waals surface area contributed by atoms with Gasteiger partial charge in [-0.25, -0.2) is 14.8 Å². The van der Waals surface area contributed by atoms with E-state index in [9.17, 15) is 14.4 Å². The number of benzene rings is 3. The molecule has 0 saturated carbocycles. The summed E-state index contributed by atoms with van der Waals surface area (Å²) in [6.07, 6.45) is 5.76. The number of likely N-dealkylation sites (tertiary alicyclic amines) is 1. The van der Waals surface area contributed by atoms with Crippen molar-refractivity contribution >= 4 is 23.6 Å². The van der Waals surface area contributed by atoms with E-state index in [2.05, 4.69) is 39.5 Å². The molecule has 2 aliphatic rings. The molecule has 9 nitrogen and oxygen atoms in total. The maximum atomic E-state index is 13.6. The molecule has 262 valence electrons. The van der Waals surface area contributed by atoms with Gasteiger partial charge in [0.25, 0.3) is 0 Å². The Labute approximate surface area is 292 Å². The van der Waals surface area contributed by atoms with Gasteiger partial charge in [-0.2, -0.15) is 0 Å². The number of hydrazine groups is 1. The molecule has 1 atom stereocenters. The molecule has 49 heavy (non-hydrogen) atoms. The number of aryl methyl sites for hydroxylation is 1. The molecular formula is C40H53N5O4. The Hall–Kier alpha value is -4.21. The highest BCUT2D eigenvalue weighted by atomic mass is 16.6. The van der Waals surface area contributed by atoms with Gasteiger partial charge in [-0.3, -0.25) is 14.5 Å². The highest BCUT2D eigenvalue weighted by Crippen LogP contribution is 2.33. The number of para-hydroxylation sites is 1. The van der Waals surface area contributed by atoms with Crippen LogP contribution in [0, 0.1) is 5.92 Å². The van der Waals surface area contributed by atoms with E-state index < -0.39 is 6.09 Å². The number of carbonyl (C=O) groups is 3. The first-order valence-electron chi connectivity index (χ1n) is 18.2. The van der Waals surface area contributed by atoms with Crippen molar-refractivity contribution in [3.8, 4) is 11.1 Å². The second kappa shape index (κ2) is 18.5. The number of carbonyl (C=O) groups excluding carboxylic acids is 3. The Morgan fingerprint density at radius 1 is 0.816 bits per heavy atom. The lowest BCUT2D eigenvalue weighted by Crippen LogP contribution is -2.50. The summed E-state index contributed by atoms with van der Waals surface area (Å²) in [7, 11) is 0. The van der Waals surface area contributed by atoms with E-state index in [0.717, 1.165) is 100 Å². The van der Waals surface area contributed by atoms with Gasteiger partial charge in [-0.15, -0.1) is 0 Å². The second-order valence-electron chi connectivity index (χ2n) is 13.1. The predicted molar refractivity (Wildman–Crippen MR) is 195 cm³/mol. The highest BCUT2D eigenvalue weighted by Gasteiger charge is 2.29. The summed E-state index contributed by atoms with van der Waals surface area (Å²) >= 11 is 0. The number of rotatable bonds is 14. The van der Waals surface area contributed by atoms with E-state index in [1.807, 2.05) is 73.3 Å². The number of hydrogen-bond donors (Lipinski definition) is 1. The molecule has 2 saturated heterocycles. The number of hydrogen-bond acceptors (Lipinski definition) is 6. The van der Waals surface area contributed by atoms with E-state index in [0.29, 0.717) is 12.8 Å². The fourth-order valence-corrected chi connectivity index (χ4v) is 6.96. The normalized spacial score (nSPS) is 16.9. The fourth-order valence-electron chi connectivity index (χ4n) is 6.96. The fraction of sp³-hybridized carbons (Fsp3) is 0.475. The average Bonchev–Trinajstić information content (AvgIpc) is 3.15. The SMILES string of the molecule is CCN(CC)C(=O)C1CCCN(Cc2ccc(CCC(=O)NCCOC(=O)N(c3ccccc3-c3ccccc3)N3CCCCC3)cc2)C1. The van der Waals surface area contributed by atoms with Gasteiger partial charge in [0.15, 0.2) is 0 Å². The van der Waals surface area contributed by atoms with Crippen LogP contribution < -0.4 is 10.3 Å². The van der Waals surface area contributed by atoms with Crippen LogP contribution in [-0.4, -0.2) is 85.1 Å². The molecule has 0 aromatic heterocycles. The molecule has 3 amide bonds. The molecule has 3 aromatic rings. The summed E-state index contributed by atoms with van der Waals surface area (Å²) < 4.78 is 5.74. The van der Waals surface area contributed by atoms with Crippen molar-refractivity contribution in [2.75, 3.05) is 57.4 Å². The summed E-state index contributed by atoms with van der Waals surface area (Å²) in [6, 6.07) is 26.4. The first kappa shape index (κ1) is 36.1. The molecule has 1 N–H and O–H groups in total. The first-order chi connectivity index (χ1) is 24.0. The Balaban J connectivity index is 1.07. The van der Waals surface area contributed by atoms with E-state index in [4.69, 9.17) is 4.74 Å². The monoisotopic (exact) mass is 667 g/mol. The molecule has 2 fully saturated rings. The molecule has 9 heteroatoms. The zero-order chi connectivity index (χ0) is 34.4. The van der Waals surface area contributed by atoms with Gasteiger partial charge in [0.05, 0.1) is 18.2 Å². The van der Waals surface area contributed by atoms with Crippen LogP contribution in [0.4, 0.5) is 10.5 Å². The third-order valence-electron chi connectivity index (χ3n) is 9.65. The van der Waals surface area contributed by atoms with Crippen LogP contribution in [0.2, 0.25) is 0 Å². The van der Waals surface area contributed by atoms with Crippen molar-refractivity contribution < 1.29 is 19.1 Å². The summed E-state index contributed by atoms with van der Waals surface area (Å²) in [4.78, 5) is 43.4. The van der Waals surface area contributed by atoms with Gasteiger partial charge >= 0.3 is 6.09 Å². The largest absolute Gasteiger partial charge is 0.446 e. The van der Waals surface area contributed by atoms with Crippen molar-refractivity contribution in [1.29, 1.82) is 0 Å². The lowest BCUT2D eigenvalue weighted by molar-refractivity contribution is -0.137. The Morgan fingerprint density at radius 2 is 1.51 bits per heavy atom. The third-order valence-corrected chi connectivity index (χ3v) is 9.65. The number of ether oxygens (including phenoxy) is 1. The average molecular weight is 668 g/mol. The molecule has 0 aliphatic carbocycles. The van der Waals surface area contributed by atoms with Crippen LogP contribution in [-0.2, 0) is 27.3 Å². The smallest absolute Gasteiger partial charge is 0.429 e. The molecule has 0 bridgehead atoms. The Morgan fingerprint density at radius 3 is 2.24 bits per heavy atom. The number of anilines is 1. The van der Waals surface area contributed by atoms with Crippen LogP contribution in [0.15, 0.2) is 78.9 Å². The van der Waals surface area contributed by atoms with E-state index in [1.54, 1.807) is 5.01 Å². The van der Waals surface area contributed by atoms with Gasteiger partial charge in [0.2, 0.25) is 11.8 Å². The van der Waals surface area contributed by atoms with Gasteiger partial charge in [-0.05, 0) is 75.3 Å². The topological polar surface area (TPSA) is 85.4 Å². The Kier molecular flexibility index (Phi) is 13.6. The number of nitrogens with one attached hydrogen (secondary N) is 1. The van der Waals surface area contributed by atoms with Crippen LogP contribution in [0.25, 0.3) is 11.1 Å². The molecule has 3 aromatic carbocycles. The highest BCUT2D eigenvalue weighted by molar-refractivity contribution is 5.93. The van der Waals surface area contributed by atoms with Crippen molar-refractivity contribution in [3.63, 3.8) is 0 Å². The number of piperidine rings is 2. The predicted octanol–water partition coefficient (Wildman–Crippen LogP) is 6.53. The lowest BCUT2D eigenvalue weighted by Gasteiger charge is -2.37. The minimum atomic E-state index is -0.435. The quantitative estimate of drug-likeness (QED) is 0.197. The maximum Gasteiger partial charge on any atom is 0.429 e. The van der Waals surface area contributed by atoms with Gasteiger partial charge in [0, 0.05) is 51.3 Å². The van der Waals surface area contributed by atoms with Crippen molar-refractivity contribution in [2.45, 2.75) is 65.3 Å². The Bertz CT molecular complexity index is 1490. The van der Waals surface area contributed by atoms with E-state index in [-0.39, 0.29) is 30.9 Å². The molecule has 0 radical (unpaired) electrons. The maximum absolute atomic E-state index is 13.6. The molecule has 2 heterocycles. The molecule has 5 rings (SSSR count). The van der Waals surface area contributed by atoms with E-state index in [1.165, 1.54) is 5.56 Å². The molecular weight excluding hydrogens is 614 g/mol. The van der Waals surface area contributed by atoms with Crippen LogP contribution >= 0.6 is 0 Å². The standard InChI is InChI=1S/C40H53N5O4/c1-3-43(4-2)39(47)35-16-13-26-42(31-35)30-33-21-19-32(20-22-33)23-24-38(46)41-25-29-49-40(48)45(44-27-11-6-12-28-44)37-18-10-9-17-36(37)34-14-7-5-8-15-34/h5,7-10,14-15,17-22,35H,3-4,6,11-13,16,23-31H2,1-2H3,(H,41,46). The van der Waals surface area contributed by atoms with Gasteiger partial charge in [0.1, 0.15) is 6.61 Å². The van der Waals surface area contributed by atoms with E-state index >= 15 is 0 Å². The third kappa shape index (κ3) is 10.2. The number of nitrogens with zero attached hydrogens (tertiary/aromatic N) is 4. The molecule has 0 spiro atoms. The minimum absolute atomic E-state index is 0.0698. The molecule has 1 unspecified atom stereocenters. The van der Waals surface area contributed by atoms with Crippen molar-refractivity contribution in [3.05, 3.63) is 90.0 Å². The van der Waals surface area contributed by atoms with Crippen LogP contribution in [0.5, 0.6) is 0 Å². The van der Waals surface area contributed by atoms with Crippen molar-refractivity contribution in [2.24, 2.45) is 5.92 Å². The number of amides is 3. The van der Waals surface area contributed by atoms with Crippen molar-refractivity contribution in [1.82, 2.24) is 20.1 Å². The lowest BCUT2D eigenvalue weighted by atomic mass is 9.96. The minimum Gasteiger partial charge on any atom is -0.446 e. The van der Waals surface area contributed by atoms with Crippen LogP contribution in [0.1, 0.15) is 63.5 Å². The molecule has 2 aliphatic heterocycles. The second-order valence-corrected chi connectivity index (χ2v) is 13.1.